The predicted octanol–water partition coefficient (Wildman–Crippen LogP) is 0.814. The van der Waals surface area contributed by atoms with Crippen molar-refractivity contribution >= 4 is 5.91 Å². The molecule has 1 aliphatic heterocycles. The molecule has 0 aromatic carbocycles. The Morgan fingerprint density at radius 3 is 2.69 bits per heavy atom. The quantitative estimate of drug-likeness (QED) is 0.729. The lowest BCUT2D eigenvalue weighted by Crippen LogP contribution is -2.47. The van der Waals surface area contributed by atoms with Gasteiger partial charge in [0.1, 0.15) is 0 Å². The van der Waals surface area contributed by atoms with Crippen LogP contribution >= 0.6 is 0 Å². The van der Waals surface area contributed by atoms with Crippen molar-refractivity contribution in [3.8, 4) is 0 Å². The number of hydrogen-bond donors (Lipinski definition) is 2. The van der Waals surface area contributed by atoms with Gasteiger partial charge in [-0.05, 0) is 32.6 Å². The second-order valence-electron chi connectivity index (χ2n) is 5.19. The van der Waals surface area contributed by atoms with Crippen LogP contribution in [0.15, 0.2) is 0 Å². The number of nitrogens with one attached hydrogen (secondary N) is 2. The number of ether oxygens (including phenoxy) is 1. The highest BCUT2D eigenvalue weighted by molar-refractivity contribution is 5.76. The second kappa shape index (κ2) is 5.15. The van der Waals surface area contributed by atoms with E-state index in [1.165, 1.54) is 0 Å². The van der Waals surface area contributed by atoms with Gasteiger partial charge in [-0.3, -0.25) is 4.79 Å². The molecule has 1 saturated heterocycles. The summed E-state index contributed by atoms with van der Waals surface area (Å²) in [5, 5.41) is 6.48. The van der Waals surface area contributed by atoms with Crippen molar-refractivity contribution in [1.29, 1.82) is 0 Å². The minimum absolute atomic E-state index is 0.165. The normalized spacial score (nSPS) is 24.1. The second-order valence-corrected chi connectivity index (χ2v) is 5.19. The van der Waals surface area contributed by atoms with Gasteiger partial charge in [-0.25, -0.2) is 0 Å². The Morgan fingerprint density at radius 1 is 1.38 bits per heavy atom. The van der Waals surface area contributed by atoms with E-state index in [1.807, 2.05) is 0 Å². The summed E-state index contributed by atoms with van der Waals surface area (Å²) in [6.45, 7) is 4.65. The van der Waals surface area contributed by atoms with Crippen molar-refractivity contribution in [3.05, 3.63) is 0 Å². The summed E-state index contributed by atoms with van der Waals surface area (Å²) in [6, 6.07) is 0.478. The van der Waals surface area contributed by atoms with Crippen LogP contribution in [0, 0.1) is 0 Å². The summed E-state index contributed by atoms with van der Waals surface area (Å²) >= 11 is 0. The maximum atomic E-state index is 11.5. The molecule has 0 aromatic rings. The zero-order valence-electron chi connectivity index (χ0n) is 10.1. The van der Waals surface area contributed by atoms with Gasteiger partial charge in [0.2, 0.25) is 5.91 Å². The van der Waals surface area contributed by atoms with Crippen LogP contribution in [-0.4, -0.2) is 37.2 Å². The monoisotopic (exact) mass is 226 g/mol. The minimum Gasteiger partial charge on any atom is -0.381 e. The first kappa shape index (κ1) is 11.9. The fourth-order valence-electron chi connectivity index (χ4n) is 2.00. The molecule has 0 radical (unpaired) electrons. The lowest BCUT2D eigenvalue weighted by Gasteiger charge is -2.34. The molecular weight excluding hydrogens is 204 g/mol. The molecule has 92 valence electrons. The van der Waals surface area contributed by atoms with Gasteiger partial charge in [0.15, 0.2) is 0 Å². The number of carbonyl (C=O) groups excluding carboxylic acids is 1. The Morgan fingerprint density at radius 2 is 2.06 bits per heavy atom. The molecule has 4 nitrogen and oxygen atoms in total. The summed E-state index contributed by atoms with van der Waals surface area (Å²) in [5.74, 6) is 0.186. The molecule has 1 heterocycles. The molecule has 2 aliphatic rings. The van der Waals surface area contributed by atoms with Crippen LogP contribution in [0.2, 0.25) is 0 Å². The molecule has 0 spiro atoms. The maximum Gasteiger partial charge on any atom is 0.221 e. The van der Waals surface area contributed by atoms with Crippen molar-refractivity contribution in [2.75, 3.05) is 19.8 Å². The van der Waals surface area contributed by atoms with Crippen LogP contribution in [0.5, 0.6) is 0 Å². The SMILES string of the molecule is CC1(NCCC(=O)NC2CC2)CCOCC1. The van der Waals surface area contributed by atoms with E-state index in [0.29, 0.717) is 12.5 Å². The maximum absolute atomic E-state index is 11.5. The molecule has 2 rings (SSSR count). The summed E-state index contributed by atoms with van der Waals surface area (Å²) in [6.07, 6.45) is 4.99. The lowest BCUT2D eigenvalue weighted by atomic mass is 9.92. The van der Waals surface area contributed by atoms with E-state index in [-0.39, 0.29) is 11.4 Å². The molecular formula is C12H22N2O2. The van der Waals surface area contributed by atoms with E-state index < -0.39 is 0 Å². The first-order chi connectivity index (χ1) is 7.68. The molecule has 1 amide bonds. The standard InChI is InChI=1S/C12H22N2O2/c1-12(5-8-16-9-6-12)13-7-4-11(15)14-10-2-3-10/h10,13H,2-9H2,1H3,(H,14,15). The highest BCUT2D eigenvalue weighted by Crippen LogP contribution is 2.20. The van der Waals surface area contributed by atoms with Crippen LogP contribution < -0.4 is 10.6 Å². The largest absolute Gasteiger partial charge is 0.381 e. The minimum atomic E-state index is 0.165. The molecule has 2 N–H and O–H groups in total. The number of hydrogen-bond acceptors (Lipinski definition) is 3. The van der Waals surface area contributed by atoms with Gasteiger partial charge in [0.25, 0.3) is 0 Å². The number of carbonyl (C=O) groups is 1. The Balaban J connectivity index is 1.60. The van der Waals surface area contributed by atoms with Gasteiger partial charge in [0, 0.05) is 37.8 Å². The van der Waals surface area contributed by atoms with Crippen LogP contribution in [0.1, 0.15) is 39.0 Å². The third-order valence-electron chi connectivity index (χ3n) is 3.44. The van der Waals surface area contributed by atoms with Crippen molar-refractivity contribution in [2.24, 2.45) is 0 Å². The Bertz CT molecular complexity index is 245. The first-order valence-electron chi connectivity index (χ1n) is 6.30. The topological polar surface area (TPSA) is 50.4 Å². The molecule has 0 atom stereocenters. The zero-order valence-corrected chi connectivity index (χ0v) is 10.1. The summed E-state index contributed by atoms with van der Waals surface area (Å²) in [7, 11) is 0. The highest BCUT2D eigenvalue weighted by atomic mass is 16.5. The number of rotatable bonds is 5. The average Bonchev–Trinajstić information content (AvgIpc) is 3.02. The third-order valence-corrected chi connectivity index (χ3v) is 3.44. The number of amides is 1. The smallest absolute Gasteiger partial charge is 0.221 e. The van der Waals surface area contributed by atoms with Crippen molar-refractivity contribution in [3.63, 3.8) is 0 Å². The fraction of sp³-hybridized carbons (Fsp3) is 0.917. The fourth-order valence-corrected chi connectivity index (χ4v) is 2.00. The Hall–Kier alpha value is -0.610. The van der Waals surface area contributed by atoms with E-state index in [2.05, 4.69) is 17.6 Å². The molecule has 0 unspecified atom stereocenters. The van der Waals surface area contributed by atoms with Crippen LogP contribution in [0.25, 0.3) is 0 Å². The zero-order chi connectivity index (χ0) is 11.4. The van der Waals surface area contributed by atoms with E-state index >= 15 is 0 Å². The lowest BCUT2D eigenvalue weighted by molar-refractivity contribution is -0.121. The molecule has 0 aromatic heterocycles. The van der Waals surface area contributed by atoms with E-state index in [4.69, 9.17) is 4.74 Å². The van der Waals surface area contributed by atoms with Gasteiger partial charge in [0.05, 0.1) is 0 Å². The molecule has 2 fully saturated rings. The van der Waals surface area contributed by atoms with Gasteiger partial charge in [-0.2, -0.15) is 0 Å². The molecule has 1 saturated carbocycles. The van der Waals surface area contributed by atoms with Crippen molar-refractivity contribution < 1.29 is 9.53 Å². The Labute approximate surface area is 97.1 Å². The molecule has 1 aliphatic carbocycles. The van der Waals surface area contributed by atoms with Crippen LogP contribution in [0.4, 0.5) is 0 Å². The van der Waals surface area contributed by atoms with E-state index in [9.17, 15) is 4.79 Å². The average molecular weight is 226 g/mol. The molecule has 16 heavy (non-hydrogen) atoms. The van der Waals surface area contributed by atoms with Gasteiger partial charge < -0.3 is 15.4 Å². The van der Waals surface area contributed by atoms with Gasteiger partial charge >= 0.3 is 0 Å². The van der Waals surface area contributed by atoms with Gasteiger partial charge in [-0.1, -0.05) is 0 Å². The van der Waals surface area contributed by atoms with E-state index in [0.717, 1.165) is 45.4 Å². The van der Waals surface area contributed by atoms with Crippen molar-refractivity contribution in [2.45, 2.75) is 50.6 Å². The van der Waals surface area contributed by atoms with Crippen molar-refractivity contribution in [1.82, 2.24) is 10.6 Å². The summed E-state index contributed by atoms with van der Waals surface area (Å²) in [4.78, 5) is 11.5. The first-order valence-corrected chi connectivity index (χ1v) is 6.30. The third kappa shape index (κ3) is 3.76. The molecule has 4 heteroatoms. The molecule has 0 bridgehead atoms. The predicted molar refractivity (Wildman–Crippen MR) is 62.2 cm³/mol. The Kier molecular flexibility index (Phi) is 3.82. The van der Waals surface area contributed by atoms with Crippen LogP contribution in [-0.2, 0) is 9.53 Å². The highest BCUT2D eigenvalue weighted by Gasteiger charge is 2.27. The summed E-state index contributed by atoms with van der Waals surface area (Å²) < 4.78 is 5.33. The van der Waals surface area contributed by atoms with Crippen LogP contribution in [0.3, 0.4) is 0 Å². The van der Waals surface area contributed by atoms with Gasteiger partial charge in [-0.15, -0.1) is 0 Å². The summed E-state index contributed by atoms with van der Waals surface area (Å²) in [5.41, 5.74) is 0.165. The van der Waals surface area contributed by atoms with E-state index in [1.54, 1.807) is 0 Å².